The highest BCUT2D eigenvalue weighted by Crippen LogP contribution is 2.27. The van der Waals surface area contributed by atoms with Crippen molar-refractivity contribution in [2.24, 2.45) is 0 Å². The Hall–Kier alpha value is -3.86. The molecule has 0 aliphatic rings. The fourth-order valence-electron chi connectivity index (χ4n) is 4.24. The molecule has 168 valence electrons. The van der Waals surface area contributed by atoms with E-state index in [0.717, 1.165) is 44.3 Å². The maximum Gasteiger partial charge on any atom is 0.303 e. The van der Waals surface area contributed by atoms with Crippen LogP contribution in [-0.4, -0.2) is 22.0 Å². The van der Waals surface area contributed by atoms with E-state index in [9.17, 15) is 9.59 Å². The molecule has 1 aromatic heterocycles. The van der Waals surface area contributed by atoms with E-state index in [-0.39, 0.29) is 24.8 Å². The molecule has 1 atom stereocenters. The minimum Gasteiger partial charge on any atom is -0.481 e. The van der Waals surface area contributed by atoms with Crippen molar-refractivity contribution in [2.45, 2.75) is 39.2 Å². The monoisotopic (exact) mass is 440 g/mol. The van der Waals surface area contributed by atoms with Crippen LogP contribution in [0.4, 0.5) is 0 Å². The lowest BCUT2D eigenvalue weighted by molar-refractivity contribution is -0.137. The van der Waals surface area contributed by atoms with Crippen molar-refractivity contribution < 1.29 is 14.7 Å². The number of benzene rings is 3. The zero-order valence-corrected chi connectivity index (χ0v) is 18.9. The number of hydrogen-bond donors (Lipinski definition) is 3. The van der Waals surface area contributed by atoms with E-state index in [2.05, 4.69) is 42.3 Å². The number of aromatic amines is 1. The van der Waals surface area contributed by atoms with Crippen molar-refractivity contribution in [1.82, 2.24) is 10.3 Å². The number of carbonyl (C=O) groups is 2. The average molecular weight is 441 g/mol. The van der Waals surface area contributed by atoms with Gasteiger partial charge >= 0.3 is 5.97 Å². The number of aromatic nitrogens is 1. The third kappa shape index (κ3) is 5.32. The Morgan fingerprint density at radius 1 is 1.00 bits per heavy atom. The van der Waals surface area contributed by atoms with Crippen molar-refractivity contribution in [1.29, 1.82) is 0 Å². The SMILES string of the molecule is Cc1ccc(C)c(C(NC(=O)Cc2ccc3[nH]cc(CCC(=O)O)c3c2)c2ccccc2)c1. The molecule has 5 heteroatoms. The minimum atomic E-state index is -0.821. The van der Waals surface area contributed by atoms with Gasteiger partial charge in [0.1, 0.15) is 0 Å². The van der Waals surface area contributed by atoms with Gasteiger partial charge in [-0.25, -0.2) is 0 Å². The summed E-state index contributed by atoms with van der Waals surface area (Å²) in [6.07, 6.45) is 2.62. The Kier molecular flexibility index (Phi) is 6.59. The van der Waals surface area contributed by atoms with Crippen molar-refractivity contribution >= 4 is 22.8 Å². The van der Waals surface area contributed by atoms with Crippen molar-refractivity contribution in [3.63, 3.8) is 0 Å². The number of H-pyrrole nitrogens is 1. The van der Waals surface area contributed by atoms with Gasteiger partial charge in [-0.1, -0.05) is 60.2 Å². The summed E-state index contributed by atoms with van der Waals surface area (Å²) in [5, 5.41) is 13.2. The Morgan fingerprint density at radius 2 is 1.79 bits per heavy atom. The number of fused-ring (bicyclic) bond motifs is 1. The summed E-state index contributed by atoms with van der Waals surface area (Å²) in [4.78, 5) is 27.3. The molecule has 1 amide bonds. The van der Waals surface area contributed by atoms with Crippen LogP contribution < -0.4 is 5.32 Å². The molecule has 0 bridgehead atoms. The molecular formula is C28H28N2O3. The number of hydrogen-bond acceptors (Lipinski definition) is 2. The van der Waals surface area contributed by atoms with E-state index in [1.54, 1.807) is 0 Å². The van der Waals surface area contributed by atoms with Crippen LogP contribution in [0.25, 0.3) is 10.9 Å². The van der Waals surface area contributed by atoms with E-state index < -0.39 is 5.97 Å². The summed E-state index contributed by atoms with van der Waals surface area (Å²) in [7, 11) is 0. The van der Waals surface area contributed by atoms with Gasteiger partial charge in [0, 0.05) is 23.5 Å². The molecule has 4 aromatic rings. The highest BCUT2D eigenvalue weighted by atomic mass is 16.4. The van der Waals surface area contributed by atoms with Crippen LogP contribution in [0.5, 0.6) is 0 Å². The quantitative estimate of drug-likeness (QED) is 0.350. The molecule has 3 aromatic carbocycles. The molecule has 0 fully saturated rings. The Bertz CT molecular complexity index is 1290. The normalized spacial score (nSPS) is 11.9. The van der Waals surface area contributed by atoms with Gasteiger partial charge in [-0.15, -0.1) is 0 Å². The van der Waals surface area contributed by atoms with Gasteiger partial charge in [0.15, 0.2) is 0 Å². The summed E-state index contributed by atoms with van der Waals surface area (Å²) in [5.74, 6) is -0.884. The zero-order valence-electron chi connectivity index (χ0n) is 18.9. The molecular weight excluding hydrogens is 412 g/mol. The summed E-state index contributed by atoms with van der Waals surface area (Å²) < 4.78 is 0. The first kappa shape index (κ1) is 22.3. The zero-order chi connectivity index (χ0) is 23.4. The van der Waals surface area contributed by atoms with Crippen LogP contribution in [0.15, 0.2) is 72.9 Å². The Morgan fingerprint density at radius 3 is 2.55 bits per heavy atom. The topological polar surface area (TPSA) is 82.2 Å². The van der Waals surface area contributed by atoms with E-state index >= 15 is 0 Å². The molecule has 0 saturated carbocycles. The van der Waals surface area contributed by atoms with Crippen LogP contribution >= 0.6 is 0 Å². The molecule has 1 unspecified atom stereocenters. The van der Waals surface area contributed by atoms with Gasteiger partial charge in [-0.05, 0) is 60.2 Å². The first-order valence-corrected chi connectivity index (χ1v) is 11.1. The second-order valence-electron chi connectivity index (χ2n) is 8.54. The van der Waals surface area contributed by atoms with Gasteiger partial charge in [-0.2, -0.15) is 0 Å². The summed E-state index contributed by atoms with van der Waals surface area (Å²) in [6, 6.07) is 21.9. The lowest BCUT2D eigenvalue weighted by Gasteiger charge is -2.22. The summed E-state index contributed by atoms with van der Waals surface area (Å²) in [6.45, 7) is 4.12. The number of amides is 1. The van der Waals surface area contributed by atoms with Crippen molar-refractivity contribution in [3.8, 4) is 0 Å². The molecule has 0 radical (unpaired) electrons. The molecule has 0 saturated heterocycles. The summed E-state index contributed by atoms with van der Waals surface area (Å²) in [5.41, 5.74) is 7.19. The van der Waals surface area contributed by atoms with E-state index in [1.165, 1.54) is 0 Å². The standard InChI is InChI=1S/C28H28N2O3/c1-18-8-9-19(2)23(14-18)28(21-6-4-3-5-7-21)30-26(31)16-20-10-12-25-24(15-20)22(17-29-25)11-13-27(32)33/h3-10,12,14-15,17,28-29H,11,13,16H2,1-2H3,(H,30,31)(H,32,33). The molecule has 3 N–H and O–H groups in total. The van der Waals surface area contributed by atoms with Crippen LogP contribution in [-0.2, 0) is 22.4 Å². The lowest BCUT2D eigenvalue weighted by Crippen LogP contribution is -2.31. The third-order valence-electron chi connectivity index (χ3n) is 5.99. The average Bonchev–Trinajstić information content (AvgIpc) is 3.20. The maximum atomic E-state index is 13.1. The number of aliphatic carboxylic acids is 1. The molecule has 1 heterocycles. The fourth-order valence-corrected chi connectivity index (χ4v) is 4.24. The number of aryl methyl sites for hydroxylation is 3. The van der Waals surface area contributed by atoms with Crippen molar-refractivity contribution in [2.75, 3.05) is 0 Å². The predicted molar refractivity (Wildman–Crippen MR) is 130 cm³/mol. The molecule has 0 aliphatic carbocycles. The smallest absolute Gasteiger partial charge is 0.303 e. The van der Waals surface area contributed by atoms with Gasteiger partial charge in [0.2, 0.25) is 5.91 Å². The molecule has 4 rings (SSSR count). The number of rotatable bonds is 8. The predicted octanol–water partition coefficient (Wildman–Crippen LogP) is 5.25. The minimum absolute atomic E-state index is 0.0632. The Labute approximate surface area is 193 Å². The number of carbonyl (C=O) groups excluding carboxylic acids is 1. The van der Waals surface area contributed by atoms with E-state index in [0.29, 0.717) is 6.42 Å². The van der Waals surface area contributed by atoms with Crippen LogP contribution in [0.1, 0.15) is 45.8 Å². The number of carboxylic acid groups (broad SMARTS) is 1. The van der Waals surface area contributed by atoms with Crippen LogP contribution in [0.2, 0.25) is 0 Å². The maximum absolute atomic E-state index is 13.1. The van der Waals surface area contributed by atoms with Gasteiger partial charge in [-0.3, -0.25) is 9.59 Å². The largest absolute Gasteiger partial charge is 0.481 e. The Balaban J connectivity index is 1.57. The van der Waals surface area contributed by atoms with E-state index in [1.807, 2.05) is 54.7 Å². The highest BCUT2D eigenvalue weighted by molar-refractivity contribution is 5.86. The summed E-state index contributed by atoms with van der Waals surface area (Å²) >= 11 is 0. The first-order valence-electron chi connectivity index (χ1n) is 11.1. The van der Waals surface area contributed by atoms with Crippen LogP contribution in [0.3, 0.4) is 0 Å². The first-order chi connectivity index (χ1) is 15.9. The second-order valence-corrected chi connectivity index (χ2v) is 8.54. The molecule has 0 spiro atoms. The van der Waals surface area contributed by atoms with Gasteiger partial charge in [0.25, 0.3) is 0 Å². The number of carboxylic acids is 1. The molecule has 0 aliphatic heterocycles. The number of nitrogens with one attached hydrogen (secondary N) is 2. The highest BCUT2D eigenvalue weighted by Gasteiger charge is 2.19. The van der Waals surface area contributed by atoms with Crippen LogP contribution in [0, 0.1) is 13.8 Å². The van der Waals surface area contributed by atoms with E-state index in [4.69, 9.17) is 5.11 Å². The van der Waals surface area contributed by atoms with Crippen molar-refractivity contribution in [3.05, 3.63) is 106 Å². The fraction of sp³-hybridized carbons (Fsp3) is 0.214. The second kappa shape index (κ2) is 9.74. The lowest BCUT2D eigenvalue weighted by atomic mass is 9.93. The van der Waals surface area contributed by atoms with Gasteiger partial charge < -0.3 is 15.4 Å². The molecule has 33 heavy (non-hydrogen) atoms. The third-order valence-corrected chi connectivity index (χ3v) is 5.99. The molecule has 5 nitrogen and oxygen atoms in total. The van der Waals surface area contributed by atoms with Gasteiger partial charge in [0.05, 0.1) is 12.5 Å².